The molecular formula is C18H12N2O3S. The Bertz CT molecular complexity index is 999. The van der Waals surface area contributed by atoms with E-state index >= 15 is 0 Å². The molecule has 0 unspecified atom stereocenters. The summed E-state index contributed by atoms with van der Waals surface area (Å²) in [5.41, 5.74) is 4.63. The number of nitrogens with one attached hydrogen (secondary N) is 1. The van der Waals surface area contributed by atoms with Crippen molar-refractivity contribution in [2.24, 2.45) is 0 Å². The summed E-state index contributed by atoms with van der Waals surface area (Å²) in [6, 6.07) is 7.78. The summed E-state index contributed by atoms with van der Waals surface area (Å²) in [5, 5.41) is 9.13. The van der Waals surface area contributed by atoms with E-state index in [0.29, 0.717) is 6.42 Å². The van der Waals surface area contributed by atoms with Crippen LogP contribution in [0.5, 0.6) is 11.5 Å². The minimum absolute atomic E-state index is 0.123. The second-order valence-corrected chi connectivity index (χ2v) is 6.63. The molecule has 1 aliphatic carbocycles. The maximum absolute atomic E-state index is 12.5. The van der Waals surface area contributed by atoms with Crippen molar-refractivity contribution in [3.05, 3.63) is 57.4 Å². The number of benzene rings is 1. The minimum atomic E-state index is 0.123. The van der Waals surface area contributed by atoms with Gasteiger partial charge in [0, 0.05) is 23.1 Å². The number of allylic oxidation sites excluding steroid dienone is 1. The highest BCUT2D eigenvalue weighted by Gasteiger charge is 2.26. The van der Waals surface area contributed by atoms with Gasteiger partial charge in [-0.1, -0.05) is 0 Å². The van der Waals surface area contributed by atoms with Crippen LogP contribution >= 0.6 is 11.3 Å². The quantitative estimate of drug-likeness (QED) is 0.725. The van der Waals surface area contributed by atoms with Crippen LogP contribution in [0, 0.1) is 0 Å². The molecule has 118 valence electrons. The van der Waals surface area contributed by atoms with Gasteiger partial charge in [-0.05, 0) is 41.3 Å². The van der Waals surface area contributed by atoms with Gasteiger partial charge in [0.2, 0.25) is 6.79 Å². The van der Waals surface area contributed by atoms with Gasteiger partial charge in [-0.2, -0.15) is 5.10 Å². The molecular weight excluding hydrogens is 324 g/mol. The van der Waals surface area contributed by atoms with E-state index in [1.54, 1.807) is 6.20 Å². The van der Waals surface area contributed by atoms with Crippen LogP contribution in [0.25, 0.3) is 17.3 Å². The Hall–Kier alpha value is -2.86. The first-order valence-corrected chi connectivity index (χ1v) is 8.42. The lowest BCUT2D eigenvalue weighted by atomic mass is 10.0. The zero-order chi connectivity index (χ0) is 16.1. The fraction of sp³-hybridized carbons (Fsp3) is 0.111. The number of ether oxygens (including phenoxy) is 2. The number of aromatic nitrogens is 2. The van der Waals surface area contributed by atoms with Crippen LogP contribution < -0.4 is 9.47 Å². The zero-order valence-electron chi connectivity index (χ0n) is 12.5. The summed E-state index contributed by atoms with van der Waals surface area (Å²) in [4.78, 5) is 13.3. The van der Waals surface area contributed by atoms with Gasteiger partial charge >= 0.3 is 0 Å². The monoisotopic (exact) mass is 336 g/mol. The number of thiophene rings is 1. The zero-order valence-corrected chi connectivity index (χ0v) is 13.4. The van der Waals surface area contributed by atoms with Crippen LogP contribution in [-0.2, 0) is 6.42 Å². The molecule has 0 amide bonds. The minimum Gasteiger partial charge on any atom is -0.454 e. The van der Waals surface area contributed by atoms with Crippen molar-refractivity contribution >= 4 is 23.2 Å². The van der Waals surface area contributed by atoms with E-state index in [2.05, 4.69) is 10.2 Å². The lowest BCUT2D eigenvalue weighted by molar-refractivity contribution is 0.104. The number of ketones is 1. The van der Waals surface area contributed by atoms with Crippen molar-refractivity contribution in [1.82, 2.24) is 10.2 Å². The van der Waals surface area contributed by atoms with Crippen LogP contribution in [0.3, 0.4) is 0 Å². The predicted octanol–water partition coefficient (Wildman–Crippen LogP) is 3.69. The standard InChI is InChI=1S/C18H12N2O3S/c21-17-12(5-11-3-4-24-18(11)17)6-13-8-19-20-16(13)10-1-2-14-15(7-10)23-9-22-14/h1-4,6-8H,5,9H2,(H,19,20)/b12-6-. The van der Waals surface area contributed by atoms with E-state index < -0.39 is 0 Å². The molecule has 0 bridgehead atoms. The number of nitrogens with zero attached hydrogens (tertiary/aromatic N) is 1. The second kappa shape index (κ2) is 5.07. The Morgan fingerprint density at radius 3 is 3.04 bits per heavy atom. The van der Waals surface area contributed by atoms with Crippen molar-refractivity contribution in [3.63, 3.8) is 0 Å². The molecule has 1 aliphatic heterocycles. The highest BCUT2D eigenvalue weighted by atomic mass is 32.1. The number of carbonyl (C=O) groups is 1. The lowest BCUT2D eigenvalue weighted by Crippen LogP contribution is -1.94. The smallest absolute Gasteiger partial charge is 0.231 e. The van der Waals surface area contributed by atoms with Crippen molar-refractivity contribution < 1.29 is 14.3 Å². The van der Waals surface area contributed by atoms with Crippen LogP contribution in [0.4, 0.5) is 0 Å². The molecule has 0 radical (unpaired) electrons. The van der Waals surface area contributed by atoms with Crippen LogP contribution in [0.15, 0.2) is 41.4 Å². The molecule has 24 heavy (non-hydrogen) atoms. The van der Waals surface area contributed by atoms with E-state index in [1.807, 2.05) is 35.7 Å². The molecule has 0 fully saturated rings. The molecule has 6 heteroatoms. The van der Waals surface area contributed by atoms with Crippen molar-refractivity contribution in [2.45, 2.75) is 6.42 Å². The summed E-state index contributed by atoms with van der Waals surface area (Å²) in [5.74, 6) is 1.59. The van der Waals surface area contributed by atoms with Gasteiger partial charge in [0.05, 0.1) is 16.8 Å². The van der Waals surface area contributed by atoms with E-state index in [9.17, 15) is 4.79 Å². The summed E-state index contributed by atoms with van der Waals surface area (Å²) in [7, 11) is 0. The highest BCUT2D eigenvalue weighted by molar-refractivity contribution is 7.12. The molecule has 2 aromatic heterocycles. The van der Waals surface area contributed by atoms with Crippen molar-refractivity contribution in [2.75, 3.05) is 6.79 Å². The number of rotatable bonds is 2. The molecule has 5 rings (SSSR count). The summed E-state index contributed by atoms with van der Waals surface area (Å²) >= 11 is 1.51. The molecule has 5 nitrogen and oxygen atoms in total. The van der Waals surface area contributed by atoms with Crippen LogP contribution in [0.2, 0.25) is 0 Å². The SMILES string of the molecule is O=C1/C(=C\c2cn[nH]c2-c2ccc3c(c2)OCO3)Cc2ccsc21. The lowest BCUT2D eigenvalue weighted by Gasteiger charge is -2.03. The van der Waals surface area contributed by atoms with Gasteiger partial charge in [0.25, 0.3) is 0 Å². The molecule has 0 saturated carbocycles. The summed E-state index contributed by atoms with van der Waals surface area (Å²) < 4.78 is 10.8. The molecule has 0 spiro atoms. The Labute approximate surface area is 141 Å². The van der Waals surface area contributed by atoms with Crippen molar-refractivity contribution in [3.8, 4) is 22.8 Å². The predicted molar refractivity (Wildman–Crippen MR) is 90.5 cm³/mol. The Kier molecular flexibility index (Phi) is 2.87. The Morgan fingerprint density at radius 2 is 2.12 bits per heavy atom. The number of hydrogen-bond acceptors (Lipinski definition) is 5. The number of H-pyrrole nitrogens is 1. The van der Waals surface area contributed by atoms with Gasteiger partial charge in [-0.15, -0.1) is 11.3 Å². The second-order valence-electron chi connectivity index (χ2n) is 5.72. The molecule has 3 heterocycles. The number of carbonyl (C=O) groups excluding carboxylic acids is 1. The van der Waals surface area contributed by atoms with Gasteiger partial charge in [-0.3, -0.25) is 9.89 Å². The van der Waals surface area contributed by atoms with E-state index in [0.717, 1.165) is 44.3 Å². The van der Waals surface area contributed by atoms with E-state index in [1.165, 1.54) is 11.3 Å². The number of hydrogen-bond donors (Lipinski definition) is 1. The Morgan fingerprint density at radius 1 is 1.21 bits per heavy atom. The normalized spacial score (nSPS) is 16.8. The fourth-order valence-corrected chi connectivity index (χ4v) is 4.00. The molecule has 1 aromatic carbocycles. The van der Waals surface area contributed by atoms with Gasteiger partial charge in [0.1, 0.15) is 0 Å². The number of aromatic amines is 1. The van der Waals surface area contributed by atoms with Crippen LogP contribution in [0.1, 0.15) is 20.8 Å². The average molecular weight is 336 g/mol. The van der Waals surface area contributed by atoms with E-state index in [4.69, 9.17) is 9.47 Å². The number of fused-ring (bicyclic) bond motifs is 2. The summed E-state index contributed by atoms with van der Waals surface area (Å²) in [6.45, 7) is 0.246. The summed E-state index contributed by atoms with van der Waals surface area (Å²) in [6.07, 6.45) is 4.36. The first-order valence-electron chi connectivity index (χ1n) is 7.54. The topological polar surface area (TPSA) is 64.2 Å². The third kappa shape index (κ3) is 2.00. The first kappa shape index (κ1) is 13.6. The average Bonchev–Trinajstić information content (AvgIpc) is 3.35. The van der Waals surface area contributed by atoms with Gasteiger partial charge in [0.15, 0.2) is 17.3 Å². The maximum Gasteiger partial charge on any atom is 0.231 e. The molecule has 2 aliphatic rings. The maximum atomic E-state index is 12.5. The van der Waals surface area contributed by atoms with Crippen LogP contribution in [-0.4, -0.2) is 22.8 Å². The van der Waals surface area contributed by atoms with E-state index in [-0.39, 0.29) is 12.6 Å². The third-order valence-electron chi connectivity index (χ3n) is 4.29. The first-order chi connectivity index (χ1) is 11.8. The van der Waals surface area contributed by atoms with Gasteiger partial charge in [-0.25, -0.2) is 0 Å². The third-order valence-corrected chi connectivity index (χ3v) is 5.24. The van der Waals surface area contributed by atoms with Gasteiger partial charge < -0.3 is 9.47 Å². The highest BCUT2D eigenvalue weighted by Crippen LogP contribution is 2.37. The molecule has 0 saturated heterocycles. The largest absolute Gasteiger partial charge is 0.454 e. The van der Waals surface area contributed by atoms with Crippen molar-refractivity contribution in [1.29, 1.82) is 0 Å². The molecule has 1 N–H and O–H groups in total. The Balaban J connectivity index is 1.53. The molecule has 0 atom stereocenters. The number of Topliss-reactive ketones (excluding diaryl/α,β-unsaturated/α-hetero) is 1. The molecule has 3 aromatic rings. The fourth-order valence-electron chi connectivity index (χ4n) is 3.10.